The number of aryl methyl sites for hydroxylation is 1. The third kappa shape index (κ3) is 5.14. The lowest BCUT2D eigenvalue weighted by Crippen LogP contribution is -2.51. The molecule has 2 atom stereocenters. The van der Waals surface area contributed by atoms with Crippen LogP contribution in [0, 0.1) is 10.8 Å². The van der Waals surface area contributed by atoms with Gasteiger partial charge in [0.15, 0.2) is 0 Å². The minimum Gasteiger partial charge on any atom is -0.381 e. The van der Waals surface area contributed by atoms with E-state index in [-0.39, 0.29) is 11.5 Å². The van der Waals surface area contributed by atoms with E-state index in [4.69, 9.17) is 10.5 Å². The predicted molar refractivity (Wildman–Crippen MR) is 118 cm³/mol. The number of hydrogen-bond acceptors (Lipinski definition) is 3. The number of likely N-dealkylation sites (tertiary alicyclic amines) is 1. The first kappa shape index (κ1) is 21.3. The Morgan fingerprint density at radius 2 is 1.89 bits per heavy atom. The first-order chi connectivity index (χ1) is 13.5. The van der Waals surface area contributed by atoms with Gasteiger partial charge in [-0.2, -0.15) is 0 Å². The van der Waals surface area contributed by atoms with Crippen molar-refractivity contribution in [2.24, 2.45) is 16.6 Å². The zero-order valence-corrected chi connectivity index (χ0v) is 18.0. The van der Waals surface area contributed by atoms with Gasteiger partial charge in [-0.05, 0) is 63.6 Å². The average Bonchev–Trinajstić information content (AvgIpc) is 2.71. The Morgan fingerprint density at radius 1 is 1.18 bits per heavy atom. The highest BCUT2D eigenvalue weighted by molar-refractivity contribution is 5.28. The average molecular weight is 383 g/mol. The van der Waals surface area contributed by atoms with Gasteiger partial charge in [-0.3, -0.25) is 0 Å². The zero-order valence-electron chi connectivity index (χ0n) is 18.0. The Bertz CT molecular complexity index is 673. The SMILES string of the molecule is CCOCC1(CCc2ccccc2)CCN(CC2(C)C=CC=C(C)C2N)CC1. The Balaban J connectivity index is 1.59. The lowest BCUT2D eigenvalue weighted by molar-refractivity contribution is -0.00670. The second-order valence-electron chi connectivity index (χ2n) is 9.15. The number of hydrogen-bond donors (Lipinski definition) is 1. The summed E-state index contributed by atoms with van der Waals surface area (Å²) in [5.41, 5.74) is 9.60. The van der Waals surface area contributed by atoms with Crippen molar-refractivity contribution in [1.82, 2.24) is 4.90 Å². The first-order valence-corrected chi connectivity index (χ1v) is 10.9. The normalized spacial score (nSPS) is 27.6. The highest BCUT2D eigenvalue weighted by Crippen LogP contribution is 2.39. The van der Waals surface area contributed by atoms with Crippen molar-refractivity contribution in [2.75, 3.05) is 32.8 Å². The number of benzene rings is 1. The van der Waals surface area contributed by atoms with Crippen LogP contribution in [-0.4, -0.2) is 43.8 Å². The Labute approximate surface area is 171 Å². The Kier molecular flexibility index (Phi) is 7.14. The molecule has 2 N–H and O–H groups in total. The van der Waals surface area contributed by atoms with Gasteiger partial charge in [0.25, 0.3) is 0 Å². The van der Waals surface area contributed by atoms with Crippen LogP contribution >= 0.6 is 0 Å². The number of piperidine rings is 1. The van der Waals surface area contributed by atoms with Gasteiger partial charge in [0, 0.05) is 24.6 Å². The summed E-state index contributed by atoms with van der Waals surface area (Å²) < 4.78 is 5.94. The molecule has 1 aromatic carbocycles. The number of ether oxygens (including phenoxy) is 1. The van der Waals surface area contributed by atoms with Crippen LogP contribution in [0.3, 0.4) is 0 Å². The van der Waals surface area contributed by atoms with Gasteiger partial charge in [0.1, 0.15) is 0 Å². The van der Waals surface area contributed by atoms with Crippen LogP contribution < -0.4 is 5.73 Å². The number of nitrogens with two attached hydrogens (primary N) is 1. The Morgan fingerprint density at radius 3 is 2.57 bits per heavy atom. The van der Waals surface area contributed by atoms with Gasteiger partial charge in [-0.1, -0.05) is 61.1 Å². The molecule has 0 saturated carbocycles. The molecule has 0 aromatic heterocycles. The predicted octanol–water partition coefficient (Wildman–Crippen LogP) is 4.59. The summed E-state index contributed by atoms with van der Waals surface area (Å²) in [6.07, 6.45) is 11.4. The molecule has 3 heteroatoms. The molecule has 0 spiro atoms. The molecule has 0 amide bonds. The summed E-state index contributed by atoms with van der Waals surface area (Å²) >= 11 is 0. The van der Waals surface area contributed by atoms with E-state index < -0.39 is 0 Å². The van der Waals surface area contributed by atoms with Crippen LogP contribution in [0.25, 0.3) is 0 Å². The summed E-state index contributed by atoms with van der Waals surface area (Å²) in [7, 11) is 0. The molecule has 3 rings (SSSR count). The van der Waals surface area contributed by atoms with Crippen molar-refractivity contribution in [3.05, 3.63) is 59.7 Å². The van der Waals surface area contributed by atoms with Gasteiger partial charge in [0.2, 0.25) is 0 Å². The molecule has 28 heavy (non-hydrogen) atoms. The highest BCUT2D eigenvalue weighted by Gasteiger charge is 2.38. The van der Waals surface area contributed by atoms with Crippen LogP contribution in [-0.2, 0) is 11.2 Å². The van der Waals surface area contributed by atoms with Crippen LogP contribution in [0.2, 0.25) is 0 Å². The molecule has 2 unspecified atom stereocenters. The second kappa shape index (κ2) is 9.39. The summed E-state index contributed by atoms with van der Waals surface area (Å²) in [5, 5.41) is 0. The van der Waals surface area contributed by atoms with E-state index in [1.807, 2.05) is 0 Å². The molecule has 1 heterocycles. The quantitative estimate of drug-likeness (QED) is 0.715. The number of allylic oxidation sites excluding steroid dienone is 2. The van der Waals surface area contributed by atoms with Crippen molar-refractivity contribution < 1.29 is 4.74 Å². The van der Waals surface area contributed by atoms with Crippen molar-refractivity contribution in [3.8, 4) is 0 Å². The van der Waals surface area contributed by atoms with E-state index in [1.54, 1.807) is 0 Å². The lowest BCUT2D eigenvalue weighted by atomic mass is 9.72. The molecular weight excluding hydrogens is 344 g/mol. The number of nitrogens with zero attached hydrogens (tertiary/aromatic N) is 1. The first-order valence-electron chi connectivity index (χ1n) is 10.9. The second-order valence-corrected chi connectivity index (χ2v) is 9.15. The van der Waals surface area contributed by atoms with Gasteiger partial charge < -0.3 is 15.4 Å². The standard InChI is InChI=1S/C25H38N2O/c1-4-28-20-25(14-12-22-10-6-5-7-11-22)15-17-27(18-16-25)19-24(3)13-8-9-21(2)23(24)26/h5-11,13,23H,4,12,14-20,26H2,1-3H3. The fourth-order valence-electron chi connectivity index (χ4n) is 4.80. The fourth-order valence-corrected chi connectivity index (χ4v) is 4.80. The maximum Gasteiger partial charge on any atom is 0.0523 e. The van der Waals surface area contributed by atoms with Crippen molar-refractivity contribution >= 4 is 0 Å². The minimum absolute atomic E-state index is 0.0305. The van der Waals surface area contributed by atoms with Crippen LogP contribution in [0.4, 0.5) is 0 Å². The van der Waals surface area contributed by atoms with Crippen molar-refractivity contribution in [2.45, 2.75) is 52.5 Å². The largest absolute Gasteiger partial charge is 0.381 e. The Hall–Kier alpha value is -1.42. The molecule has 1 aromatic rings. The van der Waals surface area contributed by atoms with E-state index in [0.29, 0.717) is 5.41 Å². The fraction of sp³-hybridized carbons (Fsp3) is 0.600. The maximum atomic E-state index is 6.54. The molecule has 1 aliphatic heterocycles. The zero-order chi connectivity index (χ0) is 20.0. The topological polar surface area (TPSA) is 38.5 Å². The lowest BCUT2D eigenvalue weighted by Gasteiger charge is -2.46. The molecule has 0 radical (unpaired) electrons. The van der Waals surface area contributed by atoms with Gasteiger partial charge in [-0.15, -0.1) is 0 Å². The van der Waals surface area contributed by atoms with Crippen LogP contribution in [0.1, 0.15) is 45.6 Å². The van der Waals surface area contributed by atoms with E-state index in [1.165, 1.54) is 30.4 Å². The third-order valence-corrected chi connectivity index (χ3v) is 6.92. The minimum atomic E-state index is 0.0305. The van der Waals surface area contributed by atoms with E-state index >= 15 is 0 Å². The van der Waals surface area contributed by atoms with Crippen molar-refractivity contribution in [1.29, 1.82) is 0 Å². The molecule has 3 nitrogen and oxygen atoms in total. The van der Waals surface area contributed by atoms with E-state index in [0.717, 1.165) is 39.3 Å². The number of rotatable bonds is 8. The third-order valence-electron chi connectivity index (χ3n) is 6.92. The van der Waals surface area contributed by atoms with Crippen LogP contribution in [0.5, 0.6) is 0 Å². The van der Waals surface area contributed by atoms with Crippen molar-refractivity contribution in [3.63, 3.8) is 0 Å². The molecule has 154 valence electrons. The summed E-state index contributed by atoms with van der Waals surface area (Å²) in [4.78, 5) is 2.62. The molecule has 0 bridgehead atoms. The van der Waals surface area contributed by atoms with Gasteiger partial charge in [-0.25, -0.2) is 0 Å². The van der Waals surface area contributed by atoms with Crippen LogP contribution in [0.15, 0.2) is 54.1 Å². The van der Waals surface area contributed by atoms with E-state index in [9.17, 15) is 0 Å². The smallest absolute Gasteiger partial charge is 0.0523 e. The molecule has 2 aliphatic rings. The molecule has 1 saturated heterocycles. The van der Waals surface area contributed by atoms with Gasteiger partial charge in [0.05, 0.1) is 6.61 Å². The molecule has 1 aliphatic carbocycles. The highest BCUT2D eigenvalue weighted by atomic mass is 16.5. The maximum absolute atomic E-state index is 6.54. The molecule has 1 fully saturated rings. The molecular formula is C25H38N2O. The van der Waals surface area contributed by atoms with E-state index in [2.05, 4.69) is 74.2 Å². The summed E-state index contributed by atoms with van der Waals surface area (Å²) in [6, 6.07) is 11.0. The monoisotopic (exact) mass is 382 g/mol. The van der Waals surface area contributed by atoms with Gasteiger partial charge >= 0.3 is 0 Å². The summed E-state index contributed by atoms with van der Waals surface area (Å²) in [6.45, 7) is 11.6. The summed E-state index contributed by atoms with van der Waals surface area (Å²) in [5.74, 6) is 0.